The van der Waals surface area contributed by atoms with E-state index in [2.05, 4.69) is 15.3 Å². The van der Waals surface area contributed by atoms with Crippen molar-refractivity contribution in [1.82, 2.24) is 29.4 Å². The molecule has 154 valence electrons. The minimum absolute atomic E-state index is 0.0117. The molecule has 0 spiro atoms. The first-order chi connectivity index (χ1) is 14.7. The molecule has 0 saturated carbocycles. The van der Waals surface area contributed by atoms with Crippen LogP contribution in [0.3, 0.4) is 0 Å². The van der Waals surface area contributed by atoms with Gasteiger partial charge in [0, 0.05) is 31.9 Å². The summed E-state index contributed by atoms with van der Waals surface area (Å²) in [5.74, 6) is 1.62. The summed E-state index contributed by atoms with van der Waals surface area (Å²) in [7, 11) is 1.79. The summed E-state index contributed by atoms with van der Waals surface area (Å²) in [4.78, 5) is 14.3. The highest BCUT2D eigenvalue weighted by atomic mass is 32.2. The first kappa shape index (κ1) is 20.0. The average molecular weight is 423 g/mol. The van der Waals surface area contributed by atoms with Crippen molar-refractivity contribution in [3.8, 4) is 17.3 Å². The van der Waals surface area contributed by atoms with Crippen molar-refractivity contribution in [3.63, 3.8) is 0 Å². The third-order valence-electron chi connectivity index (χ3n) is 4.60. The van der Waals surface area contributed by atoms with Gasteiger partial charge in [-0.1, -0.05) is 30.0 Å². The fourth-order valence-electron chi connectivity index (χ4n) is 3.03. The van der Waals surface area contributed by atoms with Crippen LogP contribution in [0.1, 0.15) is 12.5 Å². The fourth-order valence-corrected chi connectivity index (χ4v) is 3.97. The summed E-state index contributed by atoms with van der Waals surface area (Å²) in [5.41, 5.74) is 1.95. The van der Waals surface area contributed by atoms with E-state index in [0.29, 0.717) is 29.8 Å². The van der Waals surface area contributed by atoms with Gasteiger partial charge in [0.1, 0.15) is 0 Å². The Hall–Kier alpha value is -3.33. The van der Waals surface area contributed by atoms with Crippen molar-refractivity contribution >= 4 is 17.7 Å². The van der Waals surface area contributed by atoms with Gasteiger partial charge < -0.3 is 9.32 Å². The topological polar surface area (TPSA) is 82.0 Å². The molecule has 0 aliphatic carbocycles. The lowest BCUT2D eigenvalue weighted by atomic mass is 10.3. The van der Waals surface area contributed by atoms with E-state index in [1.165, 1.54) is 11.8 Å². The zero-order valence-electron chi connectivity index (χ0n) is 16.8. The van der Waals surface area contributed by atoms with Crippen molar-refractivity contribution in [2.75, 3.05) is 12.8 Å². The van der Waals surface area contributed by atoms with Crippen LogP contribution in [-0.4, -0.2) is 48.2 Å². The van der Waals surface area contributed by atoms with Gasteiger partial charge in [-0.15, -0.1) is 10.2 Å². The lowest BCUT2D eigenvalue weighted by molar-refractivity contribution is -0.127. The Morgan fingerprint density at radius 1 is 1.17 bits per heavy atom. The number of benzene rings is 1. The lowest BCUT2D eigenvalue weighted by Crippen LogP contribution is -2.27. The first-order valence-electron chi connectivity index (χ1n) is 9.58. The third kappa shape index (κ3) is 4.30. The number of hydrogen-bond acceptors (Lipinski definition) is 6. The van der Waals surface area contributed by atoms with Gasteiger partial charge in [0.15, 0.2) is 16.7 Å². The molecule has 1 aromatic carbocycles. The maximum atomic E-state index is 12.6. The molecule has 0 unspecified atom stereocenters. The maximum Gasteiger partial charge on any atom is 0.233 e. The molecular formula is C21H22N6O2S. The van der Waals surface area contributed by atoms with Crippen molar-refractivity contribution < 1.29 is 9.21 Å². The maximum absolute atomic E-state index is 12.6. The summed E-state index contributed by atoms with van der Waals surface area (Å²) in [5, 5.41) is 13.5. The van der Waals surface area contributed by atoms with Gasteiger partial charge >= 0.3 is 0 Å². The molecule has 30 heavy (non-hydrogen) atoms. The summed E-state index contributed by atoms with van der Waals surface area (Å²) < 4.78 is 9.18. The Morgan fingerprint density at radius 3 is 2.73 bits per heavy atom. The quantitative estimate of drug-likeness (QED) is 0.404. The van der Waals surface area contributed by atoms with Crippen molar-refractivity contribution in [3.05, 3.63) is 66.7 Å². The Morgan fingerprint density at radius 2 is 2.00 bits per heavy atom. The second-order valence-electron chi connectivity index (χ2n) is 6.69. The molecule has 9 heteroatoms. The highest BCUT2D eigenvalue weighted by Crippen LogP contribution is 2.24. The van der Waals surface area contributed by atoms with Gasteiger partial charge in [-0.3, -0.25) is 9.36 Å². The lowest BCUT2D eigenvalue weighted by Gasteiger charge is -2.16. The highest BCUT2D eigenvalue weighted by molar-refractivity contribution is 7.99. The minimum atomic E-state index is 0.0117. The summed E-state index contributed by atoms with van der Waals surface area (Å²) in [6.45, 7) is 3.19. The van der Waals surface area contributed by atoms with E-state index >= 15 is 0 Å². The summed E-state index contributed by atoms with van der Waals surface area (Å²) in [6.07, 6.45) is 5.33. The molecule has 4 rings (SSSR count). The molecule has 8 nitrogen and oxygen atoms in total. The SMILES string of the molecule is CCn1c(SCC(=O)N(C)Cc2cnn(-c3ccccc3)c2)nnc1-c1ccco1. The number of rotatable bonds is 8. The Balaban J connectivity index is 1.36. The Kier molecular flexibility index (Phi) is 5.99. The van der Waals surface area contributed by atoms with Gasteiger partial charge in [0.05, 0.1) is 23.9 Å². The van der Waals surface area contributed by atoms with Crippen LogP contribution in [0.2, 0.25) is 0 Å². The van der Waals surface area contributed by atoms with E-state index in [1.54, 1.807) is 24.4 Å². The van der Waals surface area contributed by atoms with Gasteiger partial charge in [0.25, 0.3) is 0 Å². The van der Waals surface area contributed by atoms with Crippen LogP contribution in [0.25, 0.3) is 17.3 Å². The monoisotopic (exact) mass is 422 g/mol. The molecular weight excluding hydrogens is 400 g/mol. The molecule has 3 aromatic heterocycles. The number of furan rings is 1. The zero-order valence-corrected chi connectivity index (χ0v) is 17.6. The van der Waals surface area contributed by atoms with E-state index in [9.17, 15) is 4.79 Å². The second-order valence-corrected chi connectivity index (χ2v) is 7.64. The van der Waals surface area contributed by atoms with Gasteiger partial charge in [0.2, 0.25) is 5.91 Å². The van der Waals surface area contributed by atoms with Crippen LogP contribution in [0, 0.1) is 0 Å². The second kappa shape index (κ2) is 9.00. The van der Waals surface area contributed by atoms with Gasteiger partial charge in [-0.2, -0.15) is 5.10 Å². The molecule has 0 bridgehead atoms. The number of hydrogen-bond donors (Lipinski definition) is 0. The molecule has 0 radical (unpaired) electrons. The minimum Gasteiger partial charge on any atom is -0.461 e. The number of thioether (sulfide) groups is 1. The Bertz CT molecular complexity index is 1100. The van der Waals surface area contributed by atoms with E-state index < -0.39 is 0 Å². The summed E-state index contributed by atoms with van der Waals surface area (Å²) >= 11 is 1.37. The molecule has 0 saturated heterocycles. The molecule has 0 aliphatic heterocycles. The van der Waals surface area contributed by atoms with E-state index in [0.717, 1.165) is 11.3 Å². The first-order valence-corrected chi connectivity index (χ1v) is 10.6. The van der Waals surface area contributed by atoms with Crippen LogP contribution < -0.4 is 0 Å². The Labute approximate surface area is 178 Å². The van der Waals surface area contributed by atoms with Crippen molar-refractivity contribution in [1.29, 1.82) is 0 Å². The van der Waals surface area contributed by atoms with Crippen molar-refractivity contribution in [2.24, 2.45) is 0 Å². The third-order valence-corrected chi connectivity index (χ3v) is 5.55. The average Bonchev–Trinajstić information content (AvgIpc) is 3.52. The number of amides is 1. The number of carbonyl (C=O) groups excluding carboxylic acids is 1. The number of para-hydroxylation sites is 1. The molecule has 0 aliphatic rings. The molecule has 0 atom stereocenters. The van der Waals surface area contributed by atoms with Gasteiger partial charge in [-0.05, 0) is 31.2 Å². The summed E-state index contributed by atoms with van der Waals surface area (Å²) in [6, 6.07) is 13.5. The number of carbonyl (C=O) groups is 1. The smallest absolute Gasteiger partial charge is 0.233 e. The highest BCUT2D eigenvalue weighted by Gasteiger charge is 2.18. The van der Waals surface area contributed by atoms with Crippen LogP contribution in [0.15, 0.2) is 70.7 Å². The fraction of sp³-hybridized carbons (Fsp3) is 0.238. The van der Waals surface area contributed by atoms with Crippen LogP contribution >= 0.6 is 11.8 Å². The van der Waals surface area contributed by atoms with Crippen LogP contribution in [0.4, 0.5) is 0 Å². The molecule has 4 aromatic rings. The number of nitrogens with zero attached hydrogens (tertiary/aromatic N) is 6. The van der Waals surface area contributed by atoms with Crippen LogP contribution in [0.5, 0.6) is 0 Å². The zero-order chi connectivity index (χ0) is 20.9. The largest absolute Gasteiger partial charge is 0.461 e. The standard InChI is InChI=1S/C21H22N6O2S/c1-3-26-20(18-10-7-11-29-18)23-24-21(26)30-15-19(28)25(2)13-16-12-22-27(14-16)17-8-5-4-6-9-17/h4-12,14H,3,13,15H2,1-2H3. The molecule has 0 fully saturated rings. The molecule has 0 N–H and O–H groups in total. The normalized spacial score (nSPS) is 11.0. The van der Waals surface area contributed by atoms with Crippen LogP contribution in [-0.2, 0) is 17.9 Å². The molecule has 3 heterocycles. The predicted molar refractivity (Wildman–Crippen MR) is 114 cm³/mol. The van der Waals surface area contributed by atoms with E-state index in [-0.39, 0.29) is 11.7 Å². The predicted octanol–water partition coefficient (Wildman–Crippen LogP) is 3.49. The van der Waals surface area contributed by atoms with E-state index in [4.69, 9.17) is 4.42 Å². The van der Waals surface area contributed by atoms with Crippen molar-refractivity contribution in [2.45, 2.75) is 25.2 Å². The molecule has 1 amide bonds. The van der Waals surface area contributed by atoms with Gasteiger partial charge in [-0.25, -0.2) is 4.68 Å². The number of aromatic nitrogens is 5. The van der Waals surface area contributed by atoms with E-state index in [1.807, 2.05) is 64.8 Å².